The highest BCUT2D eigenvalue weighted by Gasteiger charge is 2.34. The number of oxazole rings is 1. The SMILES string of the molecule is O=C(c1cc(=O)[nH]c(-c2ccccc2)n1)N1CCC[C@@H]1c1ncc(Cc2ccc(Cl)cc2)o1. The van der Waals surface area contributed by atoms with E-state index in [2.05, 4.69) is 15.0 Å². The van der Waals surface area contributed by atoms with Crippen molar-refractivity contribution in [2.24, 2.45) is 0 Å². The van der Waals surface area contributed by atoms with E-state index in [1.807, 2.05) is 54.6 Å². The van der Waals surface area contributed by atoms with Crippen molar-refractivity contribution in [2.75, 3.05) is 6.54 Å². The van der Waals surface area contributed by atoms with Crippen LogP contribution in [0.15, 0.2) is 76.1 Å². The van der Waals surface area contributed by atoms with Crippen LogP contribution in [0.5, 0.6) is 0 Å². The summed E-state index contributed by atoms with van der Waals surface area (Å²) in [6, 6.07) is 17.8. The van der Waals surface area contributed by atoms with Gasteiger partial charge in [0.2, 0.25) is 5.89 Å². The third kappa shape index (κ3) is 4.59. The number of likely N-dealkylation sites (tertiary alicyclic amines) is 1. The number of hydrogen-bond donors (Lipinski definition) is 1. The van der Waals surface area contributed by atoms with Crippen molar-refractivity contribution in [1.29, 1.82) is 0 Å². The molecule has 1 saturated heterocycles. The van der Waals surface area contributed by atoms with Gasteiger partial charge in [0.05, 0.1) is 6.20 Å². The first-order chi connectivity index (χ1) is 16.1. The molecule has 7 nitrogen and oxygen atoms in total. The maximum absolute atomic E-state index is 13.3. The van der Waals surface area contributed by atoms with Crippen LogP contribution in [0.4, 0.5) is 0 Å². The van der Waals surface area contributed by atoms with Gasteiger partial charge in [-0.05, 0) is 30.5 Å². The van der Waals surface area contributed by atoms with Crippen molar-refractivity contribution >= 4 is 17.5 Å². The van der Waals surface area contributed by atoms with E-state index in [0.717, 1.165) is 24.0 Å². The van der Waals surface area contributed by atoms with Crippen molar-refractivity contribution in [3.05, 3.63) is 105 Å². The third-order valence-electron chi connectivity index (χ3n) is 5.67. The number of halogens is 1. The van der Waals surface area contributed by atoms with Gasteiger partial charge in [0.1, 0.15) is 23.3 Å². The van der Waals surface area contributed by atoms with Gasteiger partial charge < -0.3 is 14.3 Å². The summed E-state index contributed by atoms with van der Waals surface area (Å²) in [5, 5.41) is 0.681. The monoisotopic (exact) mass is 460 g/mol. The average Bonchev–Trinajstić information content (AvgIpc) is 3.50. The number of aromatic nitrogens is 3. The van der Waals surface area contributed by atoms with Crippen LogP contribution in [0.1, 0.15) is 46.6 Å². The van der Waals surface area contributed by atoms with E-state index in [-0.39, 0.29) is 23.2 Å². The fraction of sp³-hybridized carbons (Fsp3) is 0.200. The maximum atomic E-state index is 13.3. The van der Waals surface area contributed by atoms with Gasteiger partial charge in [-0.25, -0.2) is 9.97 Å². The molecule has 1 N–H and O–H groups in total. The Balaban J connectivity index is 1.37. The topological polar surface area (TPSA) is 92.1 Å². The minimum Gasteiger partial charge on any atom is -0.443 e. The highest BCUT2D eigenvalue weighted by molar-refractivity contribution is 6.30. The molecule has 0 bridgehead atoms. The molecule has 3 heterocycles. The first-order valence-electron chi connectivity index (χ1n) is 10.7. The Labute approximate surface area is 195 Å². The number of amides is 1. The van der Waals surface area contributed by atoms with E-state index in [9.17, 15) is 9.59 Å². The zero-order valence-electron chi connectivity index (χ0n) is 17.7. The fourth-order valence-corrected chi connectivity index (χ4v) is 4.20. The number of hydrogen-bond acceptors (Lipinski definition) is 5. The van der Waals surface area contributed by atoms with E-state index < -0.39 is 0 Å². The summed E-state index contributed by atoms with van der Waals surface area (Å²) in [6.45, 7) is 0.549. The van der Waals surface area contributed by atoms with Crippen molar-refractivity contribution in [2.45, 2.75) is 25.3 Å². The normalized spacial score (nSPS) is 15.7. The number of carbonyl (C=O) groups excluding carboxylic acids is 1. The fourth-order valence-electron chi connectivity index (χ4n) is 4.08. The molecule has 0 unspecified atom stereocenters. The van der Waals surface area contributed by atoms with Gasteiger partial charge >= 0.3 is 0 Å². The summed E-state index contributed by atoms with van der Waals surface area (Å²) >= 11 is 5.96. The van der Waals surface area contributed by atoms with Crippen LogP contribution in [-0.2, 0) is 6.42 Å². The number of benzene rings is 2. The van der Waals surface area contributed by atoms with Crippen LogP contribution in [0.25, 0.3) is 11.4 Å². The van der Waals surface area contributed by atoms with Gasteiger partial charge in [0, 0.05) is 29.6 Å². The van der Waals surface area contributed by atoms with Gasteiger partial charge in [-0.1, -0.05) is 54.1 Å². The second-order valence-electron chi connectivity index (χ2n) is 7.97. The molecule has 0 saturated carbocycles. The van der Waals surface area contributed by atoms with Crippen LogP contribution in [-0.4, -0.2) is 32.3 Å². The lowest BCUT2D eigenvalue weighted by Gasteiger charge is -2.22. The van der Waals surface area contributed by atoms with Crippen molar-refractivity contribution in [3.63, 3.8) is 0 Å². The van der Waals surface area contributed by atoms with E-state index >= 15 is 0 Å². The van der Waals surface area contributed by atoms with Gasteiger partial charge in [0.15, 0.2) is 0 Å². The minimum atomic E-state index is -0.371. The van der Waals surface area contributed by atoms with Crippen LogP contribution in [0.2, 0.25) is 5.02 Å². The second-order valence-corrected chi connectivity index (χ2v) is 8.41. The van der Waals surface area contributed by atoms with E-state index in [1.54, 1.807) is 11.1 Å². The molecule has 0 radical (unpaired) electrons. The quantitative estimate of drug-likeness (QED) is 0.468. The lowest BCUT2D eigenvalue weighted by molar-refractivity contribution is 0.0708. The van der Waals surface area contributed by atoms with Crippen LogP contribution in [0.3, 0.4) is 0 Å². The Hall–Kier alpha value is -3.71. The lowest BCUT2D eigenvalue weighted by atomic mass is 10.1. The molecule has 1 fully saturated rings. The van der Waals surface area contributed by atoms with Gasteiger partial charge in [-0.2, -0.15) is 0 Å². The van der Waals surface area contributed by atoms with Gasteiger partial charge in [-0.3, -0.25) is 9.59 Å². The first kappa shape index (κ1) is 21.2. The number of rotatable bonds is 5. The predicted molar refractivity (Wildman–Crippen MR) is 124 cm³/mol. The van der Waals surface area contributed by atoms with E-state index in [1.165, 1.54) is 6.07 Å². The highest BCUT2D eigenvalue weighted by atomic mass is 35.5. The number of nitrogens with one attached hydrogen (secondary N) is 1. The van der Waals surface area contributed by atoms with Crippen molar-refractivity contribution < 1.29 is 9.21 Å². The Morgan fingerprint density at radius 3 is 2.73 bits per heavy atom. The molecule has 8 heteroatoms. The first-order valence-corrected chi connectivity index (χ1v) is 11.1. The van der Waals surface area contributed by atoms with Gasteiger partial charge in [0.25, 0.3) is 11.5 Å². The predicted octanol–water partition coefficient (Wildman–Crippen LogP) is 4.65. The highest BCUT2D eigenvalue weighted by Crippen LogP contribution is 2.33. The summed E-state index contributed by atoms with van der Waals surface area (Å²) in [4.78, 5) is 38.8. The average molecular weight is 461 g/mol. The summed E-state index contributed by atoms with van der Waals surface area (Å²) in [6.07, 6.45) is 3.84. The van der Waals surface area contributed by atoms with Crippen LogP contribution in [0, 0.1) is 0 Å². The van der Waals surface area contributed by atoms with Crippen LogP contribution < -0.4 is 5.56 Å². The molecule has 4 aromatic rings. The molecule has 0 aliphatic carbocycles. The zero-order chi connectivity index (χ0) is 22.8. The number of nitrogens with zero attached hydrogens (tertiary/aromatic N) is 3. The molecule has 0 spiro atoms. The second kappa shape index (κ2) is 9.03. The Bertz CT molecular complexity index is 1330. The molecule has 2 aromatic heterocycles. The molecular weight excluding hydrogens is 440 g/mol. The minimum absolute atomic E-state index is 0.109. The summed E-state index contributed by atoms with van der Waals surface area (Å²) in [5.74, 6) is 1.27. The molecule has 33 heavy (non-hydrogen) atoms. The third-order valence-corrected chi connectivity index (χ3v) is 5.92. The lowest BCUT2D eigenvalue weighted by Crippen LogP contribution is -2.32. The standard InChI is InChI=1S/C25H21ClN4O3/c26-18-10-8-16(9-11-18)13-19-15-27-24(33-19)21-7-4-12-30(21)25(32)20-14-22(31)29-23(28-20)17-5-2-1-3-6-17/h1-3,5-6,8-11,14-15,21H,4,7,12-13H2,(H,28,29,31)/t21-/m1/s1. The van der Waals surface area contributed by atoms with Crippen molar-refractivity contribution in [3.8, 4) is 11.4 Å². The molecule has 1 amide bonds. The summed E-state index contributed by atoms with van der Waals surface area (Å²) < 4.78 is 6.01. The van der Waals surface area contributed by atoms with Crippen LogP contribution >= 0.6 is 11.6 Å². The molecule has 166 valence electrons. The van der Waals surface area contributed by atoms with E-state index in [0.29, 0.717) is 35.5 Å². The molecule has 1 aliphatic rings. The Morgan fingerprint density at radius 1 is 1.15 bits per heavy atom. The van der Waals surface area contributed by atoms with Gasteiger partial charge in [-0.15, -0.1) is 0 Å². The molecule has 1 aliphatic heterocycles. The maximum Gasteiger partial charge on any atom is 0.273 e. The molecule has 5 rings (SSSR count). The Morgan fingerprint density at radius 2 is 1.94 bits per heavy atom. The van der Waals surface area contributed by atoms with Crippen molar-refractivity contribution in [1.82, 2.24) is 19.9 Å². The Kier molecular flexibility index (Phi) is 5.79. The van der Waals surface area contributed by atoms with E-state index in [4.69, 9.17) is 16.0 Å². The zero-order valence-corrected chi connectivity index (χ0v) is 18.5. The smallest absolute Gasteiger partial charge is 0.273 e. The number of carbonyl (C=O) groups is 1. The molecule has 2 aromatic carbocycles. The number of aromatic amines is 1. The summed E-state index contributed by atoms with van der Waals surface area (Å²) in [7, 11) is 0. The number of H-pyrrole nitrogens is 1. The summed E-state index contributed by atoms with van der Waals surface area (Å²) in [5.41, 5.74) is 1.53. The largest absolute Gasteiger partial charge is 0.443 e. The molecular formula is C25H21ClN4O3. The molecule has 1 atom stereocenters.